The van der Waals surface area contributed by atoms with Crippen LogP contribution >= 0.6 is 27.5 Å². The molecular formula is C36H39BrClN3O5S. The Morgan fingerprint density at radius 2 is 1.55 bits per heavy atom. The number of benzene rings is 4. The van der Waals surface area contributed by atoms with Crippen LogP contribution < -0.4 is 14.4 Å². The molecule has 248 valence electrons. The Kier molecular flexibility index (Phi) is 11.8. The summed E-state index contributed by atoms with van der Waals surface area (Å²) in [7, 11) is -2.91. The van der Waals surface area contributed by atoms with Crippen molar-refractivity contribution in [3.05, 3.63) is 123 Å². The fourth-order valence-electron chi connectivity index (χ4n) is 5.00. The second-order valence-corrected chi connectivity index (χ2v) is 15.4. The molecule has 0 unspecified atom stereocenters. The molecule has 0 saturated carbocycles. The zero-order valence-electron chi connectivity index (χ0n) is 27.0. The fourth-order valence-corrected chi connectivity index (χ4v) is 6.85. The minimum atomic E-state index is -4.32. The second-order valence-electron chi connectivity index (χ2n) is 12.2. The van der Waals surface area contributed by atoms with Gasteiger partial charge in [0.1, 0.15) is 18.3 Å². The minimum absolute atomic E-state index is 0.0105. The maximum Gasteiger partial charge on any atom is 0.264 e. The zero-order chi connectivity index (χ0) is 34.4. The van der Waals surface area contributed by atoms with E-state index < -0.39 is 34.1 Å². The van der Waals surface area contributed by atoms with Crippen LogP contribution in [0.3, 0.4) is 0 Å². The number of halogens is 2. The van der Waals surface area contributed by atoms with Crippen LogP contribution in [-0.2, 0) is 32.6 Å². The first-order valence-electron chi connectivity index (χ1n) is 15.0. The first-order chi connectivity index (χ1) is 22.2. The van der Waals surface area contributed by atoms with E-state index in [-0.39, 0.29) is 40.2 Å². The highest BCUT2D eigenvalue weighted by molar-refractivity contribution is 9.10. The third kappa shape index (κ3) is 9.59. The van der Waals surface area contributed by atoms with Gasteiger partial charge in [-0.1, -0.05) is 87.7 Å². The highest BCUT2D eigenvalue weighted by Gasteiger charge is 2.36. The van der Waals surface area contributed by atoms with Gasteiger partial charge in [-0.05, 0) is 81.3 Å². The lowest BCUT2D eigenvalue weighted by atomic mass is 10.0. The molecule has 47 heavy (non-hydrogen) atoms. The van der Waals surface area contributed by atoms with Gasteiger partial charge in [-0.2, -0.15) is 0 Å². The number of methoxy groups -OCH3 is 1. The van der Waals surface area contributed by atoms with Crippen molar-refractivity contribution in [1.82, 2.24) is 10.2 Å². The van der Waals surface area contributed by atoms with Crippen molar-refractivity contribution in [2.45, 2.75) is 57.1 Å². The van der Waals surface area contributed by atoms with Crippen molar-refractivity contribution >= 4 is 55.1 Å². The van der Waals surface area contributed by atoms with E-state index in [0.717, 1.165) is 25.5 Å². The fraction of sp³-hybridized carbons (Fsp3) is 0.278. The molecule has 8 nitrogen and oxygen atoms in total. The van der Waals surface area contributed by atoms with Gasteiger partial charge < -0.3 is 15.0 Å². The number of nitrogens with one attached hydrogen (secondary N) is 1. The average Bonchev–Trinajstić information content (AvgIpc) is 3.02. The van der Waals surface area contributed by atoms with E-state index in [9.17, 15) is 18.0 Å². The van der Waals surface area contributed by atoms with E-state index >= 15 is 0 Å². The minimum Gasteiger partial charge on any atom is -0.495 e. The van der Waals surface area contributed by atoms with Gasteiger partial charge in [0.25, 0.3) is 10.0 Å². The largest absolute Gasteiger partial charge is 0.495 e. The van der Waals surface area contributed by atoms with Gasteiger partial charge in [0.2, 0.25) is 11.8 Å². The number of hydrogen-bond acceptors (Lipinski definition) is 5. The first-order valence-corrected chi connectivity index (χ1v) is 17.6. The van der Waals surface area contributed by atoms with Crippen molar-refractivity contribution in [2.75, 3.05) is 18.0 Å². The van der Waals surface area contributed by atoms with E-state index in [1.807, 2.05) is 82.3 Å². The summed E-state index contributed by atoms with van der Waals surface area (Å²) in [4.78, 5) is 30.1. The molecule has 11 heteroatoms. The summed E-state index contributed by atoms with van der Waals surface area (Å²) in [6.45, 7) is 6.88. The highest BCUT2D eigenvalue weighted by Crippen LogP contribution is 2.35. The molecule has 0 saturated heterocycles. The molecule has 0 aliphatic rings. The van der Waals surface area contributed by atoms with E-state index in [1.165, 1.54) is 30.2 Å². The van der Waals surface area contributed by atoms with Gasteiger partial charge in [-0.15, -0.1) is 0 Å². The quantitative estimate of drug-likeness (QED) is 0.166. The van der Waals surface area contributed by atoms with Crippen LogP contribution in [0, 0.1) is 6.92 Å². The Balaban J connectivity index is 1.86. The molecule has 4 aromatic rings. The third-order valence-electron chi connectivity index (χ3n) is 7.33. The number of hydrogen-bond donors (Lipinski definition) is 1. The molecule has 0 bridgehead atoms. The Morgan fingerprint density at radius 3 is 2.15 bits per heavy atom. The first kappa shape index (κ1) is 36.0. The molecule has 0 fully saturated rings. The summed E-state index contributed by atoms with van der Waals surface area (Å²) < 4.78 is 36.1. The maximum atomic E-state index is 14.7. The molecule has 2 amide bonds. The molecule has 4 aromatic carbocycles. The normalized spacial score (nSPS) is 12.2. The van der Waals surface area contributed by atoms with Crippen molar-refractivity contribution < 1.29 is 22.7 Å². The van der Waals surface area contributed by atoms with Crippen LogP contribution in [0.25, 0.3) is 0 Å². The number of ether oxygens (including phenoxy) is 1. The number of amides is 2. The third-order valence-corrected chi connectivity index (χ3v) is 9.87. The number of carbonyl (C=O) groups is 2. The van der Waals surface area contributed by atoms with Crippen molar-refractivity contribution in [2.24, 2.45) is 0 Å². The zero-order valence-corrected chi connectivity index (χ0v) is 30.2. The molecule has 1 atom stereocenters. The van der Waals surface area contributed by atoms with Crippen molar-refractivity contribution in [3.8, 4) is 5.75 Å². The number of nitrogens with zero attached hydrogens (tertiary/aromatic N) is 2. The topological polar surface area (TPSA) is 96.0 Å². The number of rotatable bonds is 12. The van der Waals surface area contributed by atoms with Crippen LogP contribution in [0.15, 0.2) is 106 Å². The van der Waals surface area contributed by atoms with Gasteiger partial charge >= 0.3 is 0 Å². The monoisotopic (exact) mass is 739 g/mol. The molecule has 0 aliphatic carbocycles. The van der Waals surface area contributed by atoms with Gasteiger partial charge in [0.05, 0.1) is 17.7 Å². The number of sulfonamides is 1. The number of carbonyl (C=O) groups excluding carboxylic acids is 2. The highest BCUT2D eigenvalue weighted by atomic mass is 79.9. The predicted octanol–water partition coefficient (Wildman–Crippen LogP) is 7.17. The molecule has 0 aliphatic heterocycles. The molecule has 0 spiro atoms. The summed E-state index contributed by atoms with van der Waals surface area (Å²) in [5, 5.41) is 3.29. The lowest BCUT2D eigenvalue weighted by Gasteiger charge is -2.35. The second kappa shape index (κ2) is 15.4. The van der Waals surface area contributed by atoms with Crippen LogP contribution in [-0.4, -0.2) is 50.4 Å². The van der Waals surface area contributed by atoms with Gasteiger partial charge in [0, 0.05) is 28.0 Å². The van der Waals surface area contributed by atoms with Crippen LogP contribution in [0.1, 0.15) is 37.5 Å². The van der Waals surface area contributed by atoms with Crippen LogP contribution in [0.4, 0.5) is 5.69 Å². The summed E-state index contributed by atoms with van der Waals surface area (Å²) in [6, 6.07) is 26.8. The van der Waals surface area contributed by atoms with Gasteiger partial charge in [0.15, 0.2) is 0 Å². The van der Waals surface area contributed by atoms with Crippen LogP contribution in [0.2, 0.25) is 5.02 Å². The average molecular weight is 741 g/mol. The molecular weight excluding hydrogens is 702 g/mol. The lowest BCUT2D eigenvalue weighted by molar-refractivity contribution is -0.140. The summed E-state index contributed by atoms with van der Waals surface area (Å²) in [6.07, 6.45) is 0.205. The summed E-state index contributed by atoms with van der Waals surface area (Å²) in [5.74, 6) is -0.737. The van der Waals surface area contributed by atoms with E-state index in [0.29, 0.717) is 0 Å². The predicted molar refractivity (Wildman–Crippen MR) is 190 cm³/mol. The Bertz CT molecular complexity index is 1800. The number of aryl methyl sites for hydroxylation is 1. The van der Waals surface area contributed by atoms with E-state index in [1.54, 1.807) is 24.3 Å². The summed E-state index contributed by atoms with van der Waals surface area (Å²) >= 11 is 9.82. The Hall–Kier alpha value is -3.86. The van der Waals surface area contributed by atoms with Gasteiger partial charge in [-0.25, -0.2) is 8.42 Å². The summed E-state index contributed by atoms with van der Waals surface area (Å²) in [5.41, 5.74) is 1.98. The smallest absolute Gasteiger partial charge is 0.264 e. The number of anilines is 1. The van der Waals surface area contributed by atoms with Gasteiger partial charge in [-0.3, -0.25) is 13.9 Å². The Labute approximate surface area is 290 Å². The van der Waals surface area contributed by atoms with E-state index in [2.05, 4.69) is 21.2 Å². The van der Waals surface area contributed by atoms with E-state index in [4.69, 9.17) is 16.3 Å². The molecule has 0 heterocycles. The molecule has 0 radical (unpaired) electrons. The molecule has 4 rings (SSSR count). The molecule has 0 aromatic heterocycles. The maximum absolute atomic E-state index is 14.7. The molecule has 1 N–H and O–H groups in total. The lowest BCUT2D eigenvalue weighted by Crippen LogP contribution is -2.56. The SMILES string of the molecule is COc1ccc(Cl)cc1N(CC(=O)N(Cc1ccc(Br)cc1)[C@@H](Cc1ccccc1)C(=O)NC(C)(C)C)S(=O)(=O)c1ccc(C)cc1. The van der Waals surface area contributed by atoms with Crippen LogP contribution in [0.5, 0.6) is 5.75 Å². The van der Waals surface area contributed by atoms with Crippen molar-refractivity contribution in [1.29, 1.82) is 0 Å². The van der Waals surface area contributed by atoms with Crippen molar-refractivity contribution in [3.63, 3.8) is 0 Å². The standard InChI is InChI=1S/C36H39BrClN3O5S/c1-25-11-18-30(19-12-25)47(44,45)41(31-22-29(38)17-20-33(31)46-5)24-34(42)40(23-27-13-15-28(37)16-14-27)32(35(43)39-36(2,3)4)21-26-9-7-6-8-10-26/h6-20,22,32H,21,23-24H2,1-5H3,(H,39,43)/t32-/m0/s1. The Morgan fingerprint density at radius 1 is 0.915 bits per heavy atom.